The van der Waals surface area contributed by atoms with Crippen LogP contribution in [0.25, 0.3) is 0 Å². The predicted octanol–water partition coefficient (Wildman–Crippen LogP) is 1.05. The molecule has 0 rings (SSSR count). The standard InChI is InChI=1S/C11H20N2O3/c1-9(2)11(15)16-8-6-4-3-5-7-10(14)13-12/h1,3-8,12H2,2H3,(H,13,14). The van der Waals surface area contributed by atoms with Gasteiger partial charge in [0.05, 0.1) is 6.61 Å². The number of carbonyl (C=O) groups excluding carboxylic acids is 2. The predicted molar refractivity (Wildman–Crippen MR) is 61.2 cm³/mol. The van der Waals surface area contributed by atoms with Crippen LogP contribution >= 0.6 is 0 Å². The number of hydrogen-bond acceptors (Lipinski definition) is 4. The number of unbranched alkanes of at least 4 members (excludes halogenated alkanes) is 3. The van der Waals surface area contributed by atoms with E-state index >= 15 is 0 Å². The van der Waals surface area contributed by atoms with Crippen LogP contribution in [0.15, 0.2) is 12.2 Å². The zero-order chi connectivity index (χ0) is 12.4. The average Bonchev–Trinajstić information content (AvgIpc) is 2.26. The van der Waals surface area contributed by atoms with Crippen LogP contribution in [-0.2, 0) is 14.3 Å². The highest BCUT2D eigenvalue weighted by molar-refractivity contribution is 5.86. The number of hydrazine groups is 1. The molecule has 5 nitrogen and oxygen atoms in total. The molecule has 0 atom stereocenters. The van der Waals surface area contributed by atoms with Gasteiger partial charge in [0.25, 0.3) is 0 Å². The maximum absolute atomic E-state index is 11.0. The van der Waals surface area contributed by atoms with E-state index in [-0.39, 0.29) is 11.9 Å². The molecule has 0 radical (unpaired) electrons. The van der Waals surface area contributed by atoms with Gasteiger partial charge >= 0.3 is 5.97 Å². The lowest BCUT2D eigenvalue weighted by atomic mass is 10.1. The summed E-state index contributed by atoms with van der Waals surface area (Å²) in [6.07, 6.45) is 3.92. The molecular formula is C11H20N2O3. The van der Waals surface area contributed by atoms with Crippen molar-refractivity contribution in [2.45, 2.75) is 39.0 Å². The Balaban J connectivity index is 3.25. The fourth-order valence-corrected chi connectivity index (χ4v) is 1.10. The normalized spacial score (nSPS) is 9.62. The minimum Gasteiger partial charge on any atom is -0.462 e. The Labute approximate surface area is 96.0 Å². The third kappa shape index (κ3) is 7.99. The summed E-state index contributed by atoms with van der Waals surface area (Å²) in [5.74, 6) is 4.44. The minimum atomic E-state index is -0.345. The van der Waals surface area contributed by atoms with Gasteiger partial charge in [-0.2, -0.15) is 0 Å². The van der Waals surface area contributed by atoms with E-state index in [1.165, 1.54) is 0 Å². The van der Waals surface area contributed by atoms with Crippen LogP contribution in [0.1, 0.15) is 39.0 Å². The molecule has 0 aromatic carbocycles. The summed E-state index contributed by atoms with van der Waals surface area (Å²) >= 11 is 0. The van der Waals surface area contributed by atoms with Crippen LogP contribution in [0.4, 0.5) is 0 Å². The second kappa shape index (κ2) is 8.91. The van der Waals surface area contributed by atoms with Crippen molar-refractivity contribution in [3.63, 3.8) is 0 Å². The molecule has 0 unspecified atom stereocenters. The molecule has 0 aromatic rings. The summed E-state index contributed by atoms with van der Waals surface area (Å²) in [5, 5.41) is 0. The van der Waals surface area contributed by atoms with E-state index in [1.54, 1.807) is 6.92 Å². The Kier molecular flexibility index (Phi) is 8.15. The average molecular weight is 228 g/mol. The minimum absolute atomic E-state index is 0.145. The van der Waals surface area contributed by atoms with Crippen LogP contribution in [0, 0.1) is 0 Å². The molecule has 3 N–H and O–H groups in total. The van der Waals surface area contributed by atoms with Gasteiger partial charge in [-0.3, -0.25) is 10.2 Å². The molecule has 92 valence electrons. The Morgan fingerprint density at radius 2 is 1.88 bits per heavy atom. The first-order valence-electron chi connectivity index (χ1n) is 5.40. The summed E-state index contributed by atoms with van der Waals surface area (Å²) in [5.41, 5.74) is 2.49. The molecule has 0 fully saturated rings. The molecule has 1 amide bonds. The van der Waals surface area contributed by atoms with Gasteiger partial charge < -0.3 is 4.74 Å². The van der Waals surface area contributed by atoms with Gasteiger partial charge in [-0.25, -0.2) is 10.6 Å². The lowest BCUT2D eigenvalue weighted by Gasteiger charge is -2.04. The van der Waals surface area contributed by atoms with Gasteiger partial charge in [-0.1, -0.05) is 19.4 Å². The first-order valence-corrected chi connectivity index (χ1v) is 5.40. The van der Waals surface area contributed by atoms with Crippen molar-refractivity contribution in [2.75, 3.05) is 6.61 Å². The van der Waals surface area contributed by atoms with Gasteiger partial charge in [0.2, 0.25) is 5.91 Å². The fourth-order valence-electron chi connectivity index (χ4n) is 1.10. The van der Waals surface area contributed by atoms with Crippen molar-refractivity contribution >= 4 is 11.9 Å². The summed E-state index contributed by atoms with van der Waals surface area (Å²) in [6, 6.07) is 0. The van der Waals surface area contributed by atoms with Crippen LogP contribution in [0.3, 0.4) is 0 Å². The molecule has 0 saturated carbocycles. The van der Waals surface area contributed by atoms with E-state index in [1.807, 2.05) is 0 Å². The summed E-state index contributed by atoms with van der Waals surface area (Å²) < 4.78 is 4.91. The summed E-state index contributed by atoms with van der Waals surface area (Å²) in [4.78, 5) is 21.7. The van der Waals surface area contributed by atoms with Crippen molar-refractivity contribution < 1.29 is 14.3 Å². The summed E-state index contributed by atoms with van der Waals surface area (Å²) in [6.45, 7) is 5.51. The molecule has 0 saturated heterocycles. The number of ether oxygens (including phenoxy) is 1. The van der Waals surface area contributed by atoms with E-state index in [0.717, 1.165) is 25.7 Å². The molecule has 16 heavy (non-hydrogen) atoms. The molecule has 0 aliphatic heterocycles. The lowest BCUT2D eigenvalue weighted by Crippen LogP contribution is -2.29. The van der Waals surface area contributed by atoms with E-state index in [9.17, 15) is 9.59 Å². The Bertz CT molecular complexity index is 252. The first-order chi connectivity index (χ1) is 7.57. The highest BCUT2D eigenvalue weighted by Gasteiger charge is 2.02. The highest BCUT2D eigenvalue weighted by atomic mass is 16.5. The quantitative estimate of drug-likeness (QED) is 0.162. The van der Waals surface area contributed by atoms with Crippen LogP contribution in [0.2, 0.25) is 0 Å². The van der Waals surface area contributed by atoms with Gasteiger partial charge in [-0.05, 0) is 19.8 Å². The van der Waals surface area contributed by atoms with Gasteiger partial charge in [0.15, 0.2) is 0 Å². The SMILES string of the molecule is C=C(C)C(=O)OCCCCCCC(=O)NN. The molecular weight excluding hydrogens is 208 g/mol. The lowest BCUT2D eigenvalue weighted by molar-refractivity contribution is -0.139. The summed E-state index contributed by atoms with van der Waals surface area (Å²) in [7, 11) is 0. The van der Waals surface area contributed by atoms with Crippen LogP contribution < -0.4 is 11.3 Å². The Hall–Kier alpha value is -1.36. The number of esters is 1. The number of nitrogens with two attached hydrogens (primary N) is 1. The van der Waals surface area contributed by atoms with E-state index in [2.05, 4.69) is 12.0 Å². The number of hydrogen-bond donors (Lipinski definition) is 2. The van der Waals surface area contributed by atoms with Crippen molar-refractivity contribution in [3.8, 4) is 0 Å². The van der Waals surface area contributed by atoms with Crippen molar-refractivity contribution in [2.24, 2.45) is 5.84 Å². The topological polar surface area (TPSA) is 81.4 Å². The van der Waals surface area contributed by atoms with Gasteiger partial charge in [0, 0.05) is 12.0 Å². The second-order valence-corrected chi connectivity index (χ2v) is 3.65. The van der Waals surface area contributed by atoms with Gasteiger partial charge in [-0.15, -0.1) is 0 Å². The smallest absolute Gasteiger partial charge is 0.333 e. The highest BCUT2D eigenvalue weighted by Crippen LogP contribution is 2.03. The van der Waals surface area contributed by atoms with E-state index in [0.29, 0.717) is 18.6 Å². The molecule has 0 aromatic heterocycles. The second-order valence-electron chi connectivity index (χ2n) is 3.65. The van der Waals surface area contributed by atoms with Crippen molar-refractivity contribution in [1.82, 2.24) is 5.43 Å². The largest absolute Gasteiger partial charge is 0.462 e. The third-order valence-electron chi connectivity index (χ3n) is 2.04. The first kappa shape index (κ1) is 14.6. The van der Waals surface area contributed by atoms with Crippen LogP contribution in [0.5, 0.6) is 0 Å². The van der Waals surface area contributed by atoms with Crippen LogP contribution in [-0.4, -0.2) is 18.5 Å². The van der Waals surface area contributed by atoms with Crippen molar-refractivity contribution in [1.29, 1.82) is 0 Å². The van der Waals surface area contributed by atoms with E-state index in [4.69, 9.17) is 10.6 Å². The van der Waals surface area contributed by atoms with Gasteiger partial charge in [0.1, 0.15) is 0 Å². The van der Waals surface area contributed by atoms with E-state index < -0.39 is 0 Å². The number of nitrogens with one attached hydrogen (secondary N) is 1. The third-order valence-corrected chi connectivity index (χ3v) is 2.04. The Morgan fingerprint density at radius 1 is 1.25 bits per heavy atom. The zero-order valence-electron chi connectivity index (χ0n) is 9.75. The maximum atomic E-state index is 11.0. The number of carbonyl (C=O) groups is 2. The number of rotatable bonds is 8. The molecule has 5 heteroatoms. The molecule has 0 aliphatic carbocycles. The Morgan fingerprint density at radius 3 is 2.44 bits per heavy atom. The fraction of sp³-hybridized carbons (Fsp3) is 0.636. The monoisotopic (exact) mass is 228 g/mol. The number of amides is 1. The maximum Gasteiger partial charge on any atom is 0.333 e. The molecule has 0 bridgehead atoms. The van der Waals surface area contributed by atoms with Crippen molar-refractivity contribution in [3.05, 3.63) is 12.2 Å². The molecule has 0 spiro atoms. The molecule has 0 heterocycles. The zero-order valence-corrected chi connectivity index (χ0v) is 9.75. The molecule has 0 aliphatic rings.